The lowest BCUT2D eigenvalue weighted by molar-refractivity contribution is -0.127. The van der Waals surface area contributed by atoms with Crippen LogP contribution in [0.15, 0.2) is 30.3 Å². The minimum absolute atomic E-state index is 0.0644. The monoisotopic (exact) mass is 258 g/mol. The highest BCUT2D eigenvalue weighted by Crippen LogP contribution is 2.47. The molecule has 0 heterocycles. The summed E-state index contributed by atoms with van der Waals surface area (Å²) < 4.78 is 0. The number of benzene rings is 1. The highest BCUT2D eigenvalue weighted by Gasteiger charge is 2.48. The van der Waals surface area contributed by atoms with Crippen molar-refractivity contribution in [3.05, 3.63) is 35.9 Å². The van der Waals surface area contributed by atoms with Crippen LogP contribution in [0.3, 0.4) is 0 Å². The van der Waals surface area contributed by atoms with E-state index in [0.717, 1.165) is 12.8 Å². The zero-order valence-corrected chi connectivity index (χ0v) is 11.2. The van der Waals surface area contributed by atoms with Crippen LogP contribution in [0.25, 0.3) is 0 Å². The van der Waals surface area contributed by atoms with Crippen LogP contribution in [-0.4, -0.2) is 18.5 Å². The Hall–Kier alpha value is -1.35. The molecule has 1 aromatic carbocycles. The summed E-state index contributed by atoms with van der Waals surface area (Å²) in [5, 5.41) is 3.07. The number of nitrogens with two attached hydrogens (primary N) is 1. The smallest absolute Gasteiger partial charge is 0.224 e. The fourth-order valence-electron chi connectivity index (χ4n) is 3.82. The Balaban J connectivity index is 1.49. The van der Waals surface area contributed by atoms with Gasteiger partial charge in [-0.15, -0.1) is 0 Å². The number of fused-ring (bicyclic) bond motifs is 2. The van der Waals surface area contributed by atoms with Crippen LogP contribution >= 0.6 is 0 Å². The molecule has 1 amide bonds. The number of carbonyl (C=O) groups excluding carboxylic acids is 1. The summed E-state index contributed by atoms with van der Waals surface area (Å²) in [6.45, 7) is 0.712. The van der Waals surface area contributed by atoms with E-state index in [2.05, 4.69) is 17.4 Å². The molecular weight excluding hydrogens is 236 g/mol. The average molecular weight is 258 g/mol. The minimum atomic E-state index is 0.0644. The molecule has 0 radical (unpaired) electrons. The summed E-state index contributed by atoms with van der Waals surface area (Å²) >= 11 is 0. The van der Waals surface area contributed by atoms with Crippen molar-refractivity contribution in [3.8, 4) is 0 Å². The van der Waals surface area contributed by atoms with Crippen LogP contribution < -0.4 is 11.1 Å². The topological polar surface area (TPSA) is 55.1 Å². The van der Waals surface area contributed by atoms with Crippen LogP contribution in [0.2, 0.25) is 0 Å². The van der Waals surface area contributed by atoms with Crippen LogP contribution in [-0.2, 0) is 11.2 Å². The molecule has 3 nitrogen and oxygen atoms in total. The Morgan fingerprint density at radius 2 is 1.95 bits per heavy atom. The van der Waals surface area contributed by atoms with E-state index in [-0.39, 0.29) is 17.9 Å². The van der Waals surface area contributed by atoms with Gasteiger partial charge in [-0.05, 0) is 43.1 Å². The second-order valence-corrected chi connectivity index (χ2v) is 5.96. The van der Waals surface area contributed by atoms with Crippen molar-refractivity contribution in [3.63, 3.8) is 0 Å². The predicted molar refractivity (Wildman–Crippen MR) is 75.5 cm³/mol. The largest absolute Gasteiger partial charge is 0.355 e. The van der Waals surface area contributed by atoms with Gasteiger partial charge in [0.2, 0.25) is 5.91 Å². The summed E-state index contributed by atoms with van der Waals surface area (Å²) in [5.74, 6) is 1.37. The quantitative estimate of drug-likeness (QED) is 0.864. The van der Waals surface area contributed by atoms with E-state index in [4.69, 9.17) is 5.73 Å². The average Bonchev–Trinajstić information content (AvgIpc) is 3.00. The van der Waals surface area contributed by atoms with E-state index in [1.54, 1.807) is 0 Å². The van der Waals surface area contributed by atoms with E-state index in [9.17, 15) is 4.79 Å². The molecule has 2 aliphatic carbocycles. The van der Waals surface area contributed by atoms with Gasteiger partial charge in [-0.1, -0.05) is 30.3 Å². The molecule has 2 saturated carbocycles. The van der Waals surface area contributed by atoms with Gasteiger partial charge >= 0.3 is 0 Å². The maximum Gasteiger partial charge on any atom is 0.224 e. The molecule has 102 valence electrons. The standard InChI is InChI=1S/C16H22N2O/c17-15-13-7-6-12(10-13)14(15)16(19)18-9-8-11-4-2-1-3-5-11/h1-5,12-15H,6-10,17H2,(H,18,19)/t12-,13-,14-,15+/m0/s1. The van der Waals surface area contributed by atoms with Crippen LogP contribution in [0.5, 0.6) is 0 Å². The number of nitrogens with one attached hydrogen (secondary N) is 1. The first-order chi connectivity index (χ1) is 9.25. The molecule has 0 unspecified atom stereocenters. The zero-order chi connectivity index (χ0) is 13.2. The van der Waals surface area contributed by atoms with Gasteiger partial charge < -0.3 is 11.1 Å². The number of amides is 1. The second kappa shape index (κ2) is 5.33. The molecule has 2 bridgehead atoms. The lowest BCUT2D eigenvalue weighted by Gasteiger charge is -2.27. The van der Waals surface area contributed by atoms with Crippen LogP contribution in [0.4, 0.5) is 0 Å². The molecule has 1 aromatic rings. The molecule has 0 aliphatic heterocycles. The van der Waals surface area contributed by atoms with Crippen molar-refractivity contribution in [2.75, 3.05) is 6.54 Å². The lowest BCUT2D eigenvalue weighted by atomic mass is 9.84. The maximum atomic E-state index is 12.2. The molecule has 0 saturated heterocycles. The summed E-state index contributed by atoms with van der Waals surface area (Å²) in [7, 11) is 0. The van der Waals surface area contributed by atoms with Crippen molar-refractivity contribution in [2.45, 2.75) is 31.7 Å². The van der Waals surface area contributed by atoms with Gasteiger partial charge in [0, 0.05) is 12.6 Å². The van der Waals surface area contributed by atoms with E-state index >= 15 is 0 Å². The molecule has 4 atom stereocenters. The molecule has 3 heteroatoms. The molecule has 2 aliphatic rings. The van der Waals surface area contributed by atoms with E-state index < -0.39 is 0 Å². The summed E-state index contributed by atoms with van der Waals surface area (Å²) in [6.07, 6.45) is 4.47. The van der Waals surface area contributed by atoms with Crippen LogP contribution in [0, 0.1) is 17.8 Å². The third-order valence-corrected chi connectivity index (χ3v) is 4.84. The molecule has 2 fully saturated rings. The van der Waals surface area contributed by atoms with E-state index in [0.29, 0.717) is 18.4 Å². The SMILES string of the molecule is N[C@@H]1[C@H]2CC[C@@H](C2)[C@@H]1C(=O)NCCc1ccccc1. The van der Waals surface area contributed by atoms with Crippen molar-refractivity contribution in [1.29, 1.82) is 0 Å². The van der Waals surface area contributed by atoms with Crippen LogP contribution in [0.1, 0.15) is 24.8 Å². The summed E-state index contributed by atoms with van der Waals surface area (Å²) in [4.78, 5) is 12.2. The van der Waals surface area contributed by atoms with Crippen molar-refractivity contribution in [1.82, 2.24) is 5.32 Å². The second-order valence-electron chi connectivity index (χ2n) is 5.96. The van der Waals surface area contributed by atoms with Gasteiger partial charge in [0.25, 0.3) is 0 Å². The fourth-order valence-corrected chi connectivity index (χ4v) is 3.82. The Labute approximate surface area is 114 Å². The number of rotatable bonds is 4. The van der Waals surface area contributed by atoms with E-state index in [1.165, 1.54) is 18.4 Å². The lowest BCUT2D eigenvalue weighted by Crippen LogP contribution is -2.45. The molecule has 0 spiro atoms. The van der Waals surface area contributed by atoms with Crippen molar-refractivity contribution >= 4 is 5.91 Å². The first kappa shape index (κ1) is 12.7. The van der Waals surface area contributed by atoms with E-state index in [1.807, 2.05) is 18.2 Å². The Bertz CT molecular complexity index is 443. The molecular formula is C16H22N2O. The Morgan fingerprint density at radius 1 is 1.21 bits per heavy atom. The zero-order valence-electron chi connectivity index (χ0n) is 11.2. The number of carbonyl (C=O) groups is 1. The fraction of sp³-hybridized carbons (Fsp3) is 0.562. The first-order valence-corrected chi connectivity index (χ1v) is 7.33. The normalized spacial score (nSPS) is 32.5. The van der Waals surface area contributed by atoms with Crippen molar-refractivity contribution in [2.24, 2.45) is 23.5 Å². The van der Waals surface area contributed by atoms with Gasteiger partial charge in [0.1, 0.15) is 0 Å². The third kappa shape index (κ3) is 2.52. The van der Waals surface area contributed by atoms with Gasteiger partial charge in [-0.25, -0.2) is 0 Å². The summed E-state index contributed by atoms with van der Waals surface area (Å²) in [5.41, 5.74) is 7.45. The minimum Gasteiger partial charge on any atom is -0.355 e. The Morgan fingerprint density at radius 3 is 2.63 bits per heavy atom. The molecule has 0 aromatic heterocycles. The number of hydrogen-bond donors (Lipinski definition) is 2. The van der Waals surface area contributed by atoms with Crippen molar-refractivity contribution < 1.29 is 4.79 Å². The summed E-state index contributed by atoms with van der Waals surface area (Å²) in [6, 6.07) is 10.4. The highest BCUT2D eigenvalue weighted by atomic mass is 16.1. The predicted octanol–water partition coefficient (Wildman–Crippen LogP) is 1.72. The third-order valence-electron chi connectivity index (χ3n) is 4.84. The van der Waals surface area contributed by atoms with Gasteiger partial charge in [-0.2, -0.15) is 0 Å². The molecule has 3 rings (SSSR count). The first-order valence-electron chi connectivity index (χ1n) is 7.33. The van der Waals surface area contributed by atoms with Gasteiger partial charge in [-0.3, -0.25) is 4.79 Å². The molecule has 19 heavy (non-hydrogen) atoms. The Kier molecular flexibility index (Phi) is 3.56. The van der Waals surface area contributed by atoms with Gasteiger partial charge in [0.15, 0.2) is 0 Å². The van der Waals surface area contributed by atoms with Gasteiger partial charge in [0.05, 0.1) is 5.92 Å². The molecule has 3 N–H and O–H groups in total. The highest BCUT2D eigenvalue weighted by molar-refractivity contribution is 5.80. The maximum absolute atomic E-state index is 12.2. The number of hydrogen-bond acceptors (Lipinski definition) is 2.